The van der Waals surface area contributed by atoms with E-state index < -0.39 is 66.0 Å². The Morgan fingerprint density at radius 1 is 1.07 bits per heavy atom. The Labute approximate surface area is 233 Å². The van der Waals surface area contributed by atoms with E-state index in [4.69, 9.17) is 14.2 Å². The summed E-state index contributed by atoms with van der Waals surface area (Å²) in [6.45, 7) is 7.19. The van der Waals surface area contributed by atoms with Crippen molar-refractivity contribution in [1.82, 2.24) is 0 Å². The molecule has 2 aliphatic carbocycles. The highest BCUT2D eigenvalue weighted by Crippen LogP contribution is 2.67. The van der Waals surface area contributed by atoms with Crippen molar-refractivity contribution in [3.05, 3.63) is 22.8 Å². The van der Waals surface area contributed by atoms with E-state index in [0.29, 0.717) is 24.7 Å². The molecule has 2 aliphatic heterocycles. The molecule has 40 heavy (non-hydrogen) atoms. The summed E-state index contributed by atoms with van der Waals surface area (Å²) in [5.41, 5.74) is -1.08. The fourth-order valence-electron chi connectivity index (χ4n) is 8.32. The third kappa shape index (κ3) is 4.12. The topological polar surface area (TPSA) is 186 Å². The molecule has 2 saturated carbocycles. The lowest BCUT2D eigenvalue weighted by Gasteiger charge is -2.64. The van der Waals surface area contributed by atoms with Crippen LogP contribution in [-0.2, 0) is 22.5 Å². The molecule has 1 spiro atoms. The number of carbonyl (C=O) groups is 1. The molecule has 0 bridgehead atoms. The van der Waals surface area contributed by atoms with E-state index >= 15 is 0 Å². The Morgan fingerprint density at radius 2 is 1.77 bits per heavy atom. The Hall–Kier alpha value is -1.83. The Kier molecular flexibility index (Phi) is 7.54. The summed E-state index contributed by atoms with van der Waals surface area (Å²) >= 11 is 0. The van der Waals surface area contributed by atoms with Crippen molar-refractivity contribution in [2.75, 3.05) is 6.61 Å². The van der Waals surface area contributed by atoms with Gasteiger partial charge in [0, 0.05) is 17.4 Å². The van der Waals surface area contributed by atoms with Crippen LogP contribution in [0.25, 0.3) is 0 Å². The highest BCUT2D eigenvalue weighted by Gasteiger charge is 2.68. The van der Waals surface area contributed by atoms with E-state index in [1.807, 2.05) is 13.8 Å². The van der Waals surface area contributed by atoms with Crippen LogP contribution in [0.2, 0.25) is 0 Å². The van der Waals surface area contributed by atoms with E-state index in [-0.39, 0.29) is 41.1 Å². The number of hydrogen-bond acceptors (Lipinski definition) is 11. The van der Waals surface area contributed by atoms with Crippen LogP contribution in [-0.4, -0.2) is 97.2 Å². The van der Waals surface area contributed by atoms with Gasteiger partial charge in [-0.2, -0.15) is 0 Å². The largest absolute Gasteiger partial charge is 0.508 e. The maximum atomic E-state index is 12.4. The van der Waals surface area contributed by atoms with E-state index in [1.54, 1.807) is 0 Å². The molecule has 2 heterocycles. The van der Waals surface area contributed by atoms with Crippen LogP contribution in [0.5, 0.6) is 11.5 Å². The quantitative estimate of drug-likeness (QED) is 0.245. The first-order chi connectivity index (χ1) is 18.7. The number of carbonyl (C=O) groups excluding carboxylic acids is 1. The van der Waals surface area contributed by atoms with E-state index in [0.717, 1.165) is 12.8 Å². The molecule has 11 atom stereocenters. The van der Waals surface area contributed by atoms with Gasteiger partial charge in [0.2, 0.25) is 0 Å². The Morgan fingerprint density at radius 3 is 2.42 bits per heavy atom. The number of aliphatic hydroxyl groups excluding tert-OH is 6. The maximum absolute atomic E-state index is 12.4. The van der Waals surface area contributed by atoms with Gasteiger partial charge in [-0.3, -0.25) is 4.79 Å². The van der Waals surface area contributed by atoms with Crippen LogP contribution in [0.15, 0.2) is 6.07 Å². The number of benzene rings is 1. The summed E-state index contributed by atoms with van der Waals surface area (Å²) in [4.78, 5) is 12.4. The number of ether oxygens (including phenoxy) is 3. The molecule has 7 N–H and O–H groups in total. The minimum absolute atomic E-state index is 0.0136. The molecule has 5 rings (SSSR count). The van der Waals surface area contributed by atoms with Crippen LogP contribution in [0.3, 0.4) is 0 Å². The Balaban J connectivity index is 1.47. The lowest BCUT2D eigenvalue weighted by atomic mass is 9.43. The third-order valence-corrected chi connectivity index (χ3v) is 10.7. The smallest absolute Gasteiger partial charge is 0.187 e. The predicted octanol–water partition coefficient (Wildman–Crippen LogP) is 0.399. The van der Waals surface area contributed by atoms with Crippen molar-refractivity contribution in [3.8, 4) is 11.5 Å². The monoisotopic (exact) mass is 566 g/mol. The SMILES string of the molecule is C[C@@H]1CC[C@H]2C(C)(C)[C@H](O)[C@H](O)C[C@]2(C)[C@@]12Cc1c(O)cc(CO[C@@H]3O[C@@H](CO)[C@H](O)[C@H](O)[C@@H]3O)c(C=O)c1O2. The minimum Gasteiger partial charge on any atom is -0.508 e. The van der Waals surface area contributed by atoms with Gasteiger partial charge in [-0.15, -0.1) is 0 Å². The molecule has 1 saturated heterocycles. The maximum Gasteiger partial charge on any atom is 0.187 e. The molecule has 1 aromatic carbocycles. The zero-order valence-corrected chi connectivity index (χ0v) is 23.4. The molecular formula is C29H42O11. The molecule has 0 amide bonds. The van der Waals surface area contributed by atoms with Gasteiger partial charge < -0.3 is 50.0 Å². The van der Waals surface area contributed by atoms with Crippen molar-refractivity contribution in [2.45, 2.75) is 108 Å². The molecule has 0 radical (unpaired) electrons. The second kappa shape index (κ2) is 10.2. The summed E-state index contributed by atoms with van der Waals surface area (Å²) in [6.07, 6.45) is -6.24. The van der Waals surface area contributed by atoms with Crippen LogP contribution >= 0.6 is 0 Å². The van der Waals surface area contributed by atoms with Crippen LogP contribution in [0.4, 0.5) is 0 Å². The molecule has 224 valence electrons. The molecule has 11 heteroatoms. The number of fused-ring (bicyclic) bond motifs is 3. The van der Waals surface area contributed by atoms with Gasteiger partial charge in [0.15, 0.2) is 12.6 Å². The van der Waals surface area contributed by atoms with Crippen molar-refractivity contribution < 1.29 is 54.8 Å². The zero-order valence-electron chi connectivity index (χ0n) is 23.4. The fraction of sp³-hybridized carbons (Fsp3) is 0.759. The number of aliphatic hydroxyl groups is 6. The number of phenolic OH excluding ortho intramolecular Hbond substituents is 1. The summed E-state index contributed by atoms with van der Waals surface area (Å²) in [6, 6.07) is 1.41. The van der Waals surface area contributed by atoms with Crippen LogP contribution < -0.4 is 4.74 Å². The first-order valence-corrected chi connectivity index (χ1v) is 14.0. The van der Waals surface area contributed by atoms with Gasteiger partial charge in [0.25, 0.3) is 0 Å². The summed E-state index contributed by atoms with van der Waals surface area (Å²) in [5.74, 6) is 0.194. The molecular weight excluding hydrogens is 524 g/mol. The first-order valence-electron chi connectivity index (χ1n) is 14.0. The first kappa shape index (κ1) is 29.7. The van der Waals surface area contributed by atoms with Crippen molar-refractivity contribution in [3.63, 3.8) is 0 Å². The highest BCUT2D eigenvalue weighted by molar-refractivity contribution is 5.84. The number of hydrogen-bond donors (Lipinski definition) is 7. The molecule has 1 aromatic rings. The predicted molar refractivity (Wildman–Crippen MR) is 140 cm³/mol. The average molecular weight is 567 g/mol. The second-order valence-electron chi connectivity index (χ2n) is 13.1. The van der Waals surface area contributed by atoms with Gasteiger partial charge in [0.05, 0.1) is 31.0 Å². The summed E-state index contributed by atoms with van der Waals surface area (Å²) < 4.78 is 17.9. The molecule has 0 aromatic heterocycles. The van der Waals surface area contributed by atoms with E-state index in [1.165, 1.54) is 6.07 Å². The van der Waals surface area contributed by atoms with Crippen molar-refractivity contribution in [1.29, 1.82) is 0 Å². The van der Waals surface area contributed by atoms with Gasteiger partial charge in [-0.25, -0.2) is 0 Å². The van der Waals surface area contributed by atoms with Gasteiger partial charge in [-0.1, -0.05) is 27.7 Å². The van der Waals surface area contributed by atoms with E-state index in [9.17, 15) is 40.5 Å². The second-order valence-corrected chi connectivity index (χ2v) is 13.1. The summed E-state index contributed by atoms with van der Waals surface area (Å²) in [7, 11) is 0. The molecule has 4 aliphatic rings. The number of aromatic hydroxyl groups is 1. The fourth-order valence-corrected chi connectivity index (χ4v) is 8.32. The van der Waals surface area contributed by atoms with Gasteiger partial charge in [0.1, 0.15) is 41.5 Å². The van der Waals surface area contributed by atoms with Crippen LogP contribution in [0.1, 0.15) is 68.4 Å². The lowest BCUT2D eigenvalue weighted by Crippen LogP contribution is -2.69. The molecule has 11 nitrogen and oxygen atoms in total. The van der Waals surface area contributed by atoms with Gasteiger partial charge in [-0.05, 0) is 48.1 Å². The standard InChI is InChI=1S/C29H42O11/c1-13-5-6-20-27(2,3)25(37)18(33)9-28(20,4)29(13)8-15-17(32)7-14(16(10-30)24(15)40-29)12-38-26-23(36)22(35)21(34)19(11-31)39-26/h7,10,13,18-23,25-26,31-37H,5-6,8-9,11-12H2,1-4H3/t13-,18-,19+,20+,21+,22+,23+,25-,26-,28+,29-/m1/s1. The van der Waals surface area contributed by atoms with Crippen molar-refractivity contribution in [2.24, 2.45) is 22.7 Å². The van der Waals surface area contributed by atoms with Crippen LogP contribution in [0, 0.1) is 22.7 Å². The highest BCUT2D eigenvalue weighted by atomic mass is 16.7. The third-order valence-electron chi connectivity index (χ3n) is 10.7. The normalized spacial score (nSPS) is 44.1. The number of aldehydes is 1. The molecule has 3 fully saturated rings. The average Bonchev–Trinajstić information content (AvgIpc) is 3.32. The number of rotatable bonds is 5. The number of phenols is 1. The zero-order chi connectivity index (χ0) is 29.4. The van der Waals surface area contributed by atoms with Gasteiger partial charge >= 0.3 is 0 Å². The Bertz CT molecular complexity index is 1140. The lowest BCUT2D eigenvalue weighted by molar-refractivity contribution is -0.304. The van der Waals surface area contributed by atoms with Crippen molar-refractivity contribution >= 4 is 6.29 Å². The van der Waals surface area contributed by atoms with E-state index in [2.05, 4.69) is 13.8 Å². The minimum atomic E-state index is -1.62. The molecule has 0 unspecified atom stereocenters. The summed E-state index contributed by atoms with van der Waals surface area (Å²) in [5, 5.41) is 72.8.